The van der Waals surface area contributed by atoms with Crippen LogP contribution in [0.15, 0.2) is 30.3 Å². The smallest absolute Gasteiger partial charge is 0.281 e. The fourth-order valence-corrected chi connectivity index (χ4v) is 3.83. The number of hydrogen-bond acceptors (Lipinski definition) is 6. The van der Waals surface area contributed by atoms with Crippen molar-refractivity contribution in [3.63, 3.8) is 0 Å². The molecule has 1 fully saturated rings. The fourth-order valence-electron chi connectivity index (χ4n) is 2.19. The van der Waals surface area contributed by atoms with Crippen LogP contribution >= 0.6 is 23.1 Å². The largest absolute Gasteiger partial charge is 0.332 e. The molecule has 23 heavy (non-hydrogen) atoms. The molecular weight excluding hydrogens is 332 g/mol. The lowest BCUT2D eigenvalue weighted by Crippen LogP contribution is -2.27. The number of thioether (sulfide) groups is 1. The van der Waals surface area contributed by atoms with Crippen molar-refractivity contribution < 1.29 is 9.59 Å². The normalized spacial score (nSPS) is 14.3. The van der Waals surface area contributed by atoms with Crippen LogP contribution in [0, 0.1) is 0 Å². The van der Waals surface area contributed by atoms with Gasteiger partial charge in [0.05, 0.1) is 0 Å². The van der Waals surface area contributed by atoms with Crippen LogP contribution in [-0.2, 0) is 11.2 Å². The molecule has 0 radical (unpaired) electrons. The van der Waals surface area contributed by atoms with Crippen LogP contribution in [-0.4, -0.2) is 45.1 Å². The maximum absolute atomic E-state index is 11.9. The quantitative estimate of drug-likeness (QED) is 0.868. The highest BCUT2D eigenvalue weighted by Crippen LogP contribution is 2.20. The van der Waals surface area contributed by atoms with Crippen LogP contribution in [0.3, 0.4) is 0 Å². The van der Waals surface area contributed by atoms with E-state index in [2.05, 4.69) is 15.5 Å². The van der Waals surface area contributed by atoms with Crippen LogP contribution in [0.25, 0.3) is 0 Å². The van der Waals surface area contributed by atoms with E-state index in [0.29, 0.717) is 18.1 Å². The maximum atomic E-state index is 11.9. The summed E-state index contributed by atoms with van der Waals surface area (Å²) in [5.74, 6) is 0.664. The van der Waals surface area contributed by atoms with Crippen molar-refractivity contribution in [1.82, 2.24) is 15.1 Å². The Morgan fingerprint density at radius 1 is 1.26 bits per heavy atom. The van der Waals surface area contributed by atoms with Gasteiger partial charge in [0.25, 0.3) is 5.24 Å². The predicted octanol–water partition coefficient (Wildman–Crippen LogP) is 2.63. The van der Waals surface area contributed by atoms with Crippen LogP contribution in [0.5, 0.6) is 0 Å². The molecule has 6 nitrogen and oxygen atoms in total. The Kier molecular flexibility index (Phi) is 5.24. The lowest BCUT2D eigenvalue weighted by molar-refractivity contribution is -0.116. The Morgan fingerprint density at radius 3 is 2.83 bits per heavy atom. The van der Waals surface area contributed by atoms with E-state index in [9.17, 15) is 9.59 Å². The number of hydrogen-bond donors (Lipinski definition) is 1. The number of rotatable bonds is 6. The predicted molar refractivity (Wildman–Crippen MR) is 91.8 cm³/mol. The molecule has 8 heteroatoms. The lowest BCUT2D eigenvalue weighted by Gasteiger charge is -2.13. The van der Waals surface area contributed by atoms with Gasteiger partial charge >= 0.3 is 0 Å². The zero-order valence-corrected chi connectivity index (χ0v) is 14.0. The molecule has 1 aliphatic heterocycles. The standard InChI is InChI=1S/C15H16N4O2S2/c20-12(6-7-19-8-9-22-15(19)21)16-14-18-17-13(23-14)10-11-4-2-1-3-5-11/h1-5H,6-10H2,(H,16,18,20). The summed E-state index contributed by atoms with van der Waals surface area (Å²) in [6.45, 7) is 1.17. The van der Waals surface area contributed by atoms with E-state index >= 15 is 0 Å². The van der Waals surface area contributed by atoms with Gasteiger partial charge < -0.3 is 10.2 Å². The number of nitrogens with zero attached hydrogens (tertiary/aromatic N) is 3. The van der Waals surface area contributed by atoms with Crippen LogP contribution in [0.2, 0.25) is 0 Å². The third-order valence-corrected chi connectivity index (χ3v) is 5.10. The summed E-state index contributed by atoms with van der Waals surface area (Å²) in [6, 6.07) is 10.0. The van der Waals surface area contributed by atoms with Crippen molar-refractivity contribution in [3.05, 3.63) is 40.9 Å². The first-order chi connectivity index (χ1) is 11.2. The van der Waals surface area contributed by atoms with Crippen molar-refractivity contribution in [2.45, 2.75) is 12.8 Å². The monoisotopic (exact) mass is 348 g/mol. The van der Waals surface area contributed by atoms with Gasteiger partial charge in [-0.2, -0.15) is 0 Å². The molecule has 0 atom stereocenters. The van der Waals surface area contributed by atoms with Gasteiger partial charge in [-0.15, -0.1) is 10.2 Å². The molecule has 0 spiro atoms. The van der Waals surface area contributed by atoms with E-state index < -0.39 is 0 Å². The molecule has 0 unspecified atom stereocenters. The second-order valence-corrected chi connectivity index (χ2v) is 7.17. The molecule has 1 N–H and O–H groups in total. The average Bonchev–Trinajstić information content (AvgIpc) is 3.15. The lowest BCUT2D eigenvalue weighted by atomic mass is 10.2. The Morgan fingerprint density at radius 2 is 2.09 bits per heavy atom. The number of benzene rings is 1. The minimum absolute atomic E-state index is 0.0545. The van der Waals surface area contributed by atoms with E-state index in [1.54, 1.807) is 4.90 Å². The summed E-state index contributed by atoms with van der Waals surface area (Å²) in [5, 5.41) is 12.3. The number of nitrogens with one attached hydrogen (secondary N) is 1. The summed E-state index contributed by atoms with van der Waals surface area (Å²) in [5.41, 5.74) is 1.16. The number of aromatic nitrogens is 2. The molecule has 1 saturated heterocycles. The summed E-state index contributed by atoms with van der Waals surface area (Å²) < 4.78 is 0. The second kappa shape index (κ2) is 7.56. The van der Waals surface area contributed by atoms with Gasteiger partial charge in [0.1, 0.15) is 5.01 Å². The van der Waals surface area contributed by atoms with E-state index in [1.807, 2.05) is 30.3 Å². The van der Waals surface area contributed by atoms with E-state index in [1.165, 1.54) is 23.1 Å². The number of anilines is 1. The van der Waals surface area contributed by atoms with E-state index in [0.717, 1.165) is 22.9 Å². The summed E-state index contributed by atoms with van der Waals surface area (Å²) >= 11 is 2.68. The van der Waals surface area contributed by atoms with Crippen molar-refractivity contribution in [1.29, 1.82) is 0 Å². The first-order valence-electron chi connectivity index (χ1n) is 7.28. The summed E-state index contributed by atoms with van der Waals surface area (Å²) in [7, 11) is 0. The molecule has 2 amide bonds. The first kappa shape index (κ1) is 15.9. The first-order valence-corrected chi connectivity index (χ1v) is 9.09. The van der Waals surface area contributed by atoms with Crippen molar-refractivity contribution in [2.75, 3.05) is 24.2 Å². The van der Waals surface area contributed by atoms with Crippen molar-refractivity contribution in [3.8, 4) is 0 Å². The average molecular weight is 348 g/mol. The third kappa shape index (κ3) is 4.52. The summed E-state index contributed by atoms with van der Waals surface area (Å²) in [6.07, 6.45) is 0.980. The number of amides is 2. The molecule has 0 saturated carbocycles. The van der Waals surface area contributed by atoms with Gasteiger partial charge in [0.15, 0.2) is 0 Å². The SMILES string of the molecule is O=C(CCN1CCSC1=O)Nc1nnc(Cc2ccccc2)s1. The highest BCUT2D eigenvalue weighted by molar-refractivity contribution is 8.13. The molecule has 0 bridgehead atoms. The van der Waals surface area contributed by atoms with Gasteiger partial charge in [-0.05, 0) is 5.56 Å². The molecule has 1 aliphatic rings. The van der Waals surface area contributed by atoms with Crippen molar-refractivity contribution in [2.24, 2.45) is 0 Å². The zero-order valence-electron chi connectivity index (χ0n) is 12.4. The van der Waals surface area contributed by atoms with E-state index in [-0.39, 0.29) is 17.6 Å². The van der Waals surface area contributed by atoms with Crippen LogP contribution < -0.4 is 5.32 Å². The molecule has 1 aromatic carbocycles. The zero-order chi connectivity index (χ0) is 16.1. The molecular formula is C15H16N4O2S2. The fraction of sp³-hybridized carbons (Fsp3) is 0.333. The Labute approximate surface area is 142 Å². The number of carbonyl (C=O) groups excluding carboxylic acids is 2. The topological polar surface area (TPSA) is 75.2 Å². The van der Waals surface area contributed by atoms with Gasteiger partial charge in [-0.1, -0.05) is 53.4 Å². The molecule has 120 valence electrons. The van der Waals surface area contributed by atoms with Gasteiger partial charge in [0.2, 0.25) is 11.0 Å². The Bertz CT molecular complexity index is 690. The third-order valence-electron chi connectivity index (χ3n) is 3.37. The van der Waals surface area contributed by atoms with Gasteiger partial charge in [-0.25, -0.2) is 0 Å². The molecule has 2 heterocycles. The molecule has 2 aromatic rings. The van der Waals surface area contributed by atoms with E-state index in [4.69, 9.17) is 0 Å². The highest BCUT2D eigenvalue weighted by atomic mass is 32.2. The highest BCUT2D eigenvalue weighted by Gasteiger charge is 2.21. The van der Waals surface area contributed by atoms with Gasteiger partial charge in [0, 0.05) is 31.7 Å². The Hall–Kier alpha value is -1.93. The molecule has 3 rings (SSSR count). The second-order valence-electron chi connectivity index (χ2n) is 5.06. The number of carbonyl (C=O) groups is 2. The maximum Gasteiger partial charge on any atom is 0.281 e. The minimum Gasteiger partial charge on any atom is -0.332 e. The van der Waals surface area contributed by atoms with Crippen LogP contribution in [0.4, 0.5) is 9.93 Å². The Balaban J connectivity index is 1.48. The van der Waals surface area contributed by atoms with Crippen molar-refractivity contribution >= 4 is 39.4 Å². The summed E-state index contributed by atoms with van der Waals surface area (Å²) in [4.78, 5) is 25.1. The molecule has 1 aromatic heterocycles. The minimum atomic E-state index is -0.142. The van der Waals surface area contributed by atoms with Crippen LogP contribution in [0.1, 0.15) is 17.0 Å². The van der Waals surface area contributed by atoms with Gasteiger partial charge in [-0.3, -0.25) is 9.59 Å². The molecule has 0 aliphatic carbocycles.